The van der Waals surface area contributed by atoms with Crippen molar-refractivity contribution in [3.8, 4) is 0 Å². The molecule has 0 aromatic heterocycles. The number of hydrogen-bond donors (Lipinski definition) is 1. The number of amides is 1. The van der Waals surface area contributed by atoms with E-state index in [0.29, 0.717) is 25.0 Å². The molecular formula is C25H22ClF3N2O2. The fraction of sp³-hybridized carbons (Fsp3) is 0.320. The first-order valence-electron chi connectivity index (χ1n) is 10.6. The number of halogens is 4. The molecule has 0 bridgehead atoms. The average molecular weight is 475 g/mol. The molecule has 1 N–H and O–H groups in total. The summed E-state index contributed by atoms with van der Waals surface area (Å²) in [7, 11) is 0. The Hall–Kier alpha value is -2.93. The average Bonchev–Trinajstić information content (AvgIpc) is 2.74. The summed E-state index contributed by atoms with van der Waals surface area (Å²) >= 11 is 6.10. The smallest absolute Gasteiger partial charge is 0.321 e. The fourth-order valence-electron chi connectivity index (χ4n) is 4.68. The van der Waals surface area contributed by atoms with Crippen LogP contribution in [0.1, 0.15) is 48.8 Å². The number of aryl methyl sites for hydroxylation is 1. The van der Waals surface area contributed by atoms with Gasteiger partial charge < -0.3 is 5.32 Å². The molecule has 0 spiro atoms. The maximum atomic E-state index is 13.5. The molecule has 2 aromatic rings. The van der Waals surface area contributed by atoms with Crippen LogP contribution in [0.25, 0.3) is 0 Å². The second-order valence-electron chi connectivity index (χ2n) is 8.38. The van der Waals surface area contributed by atoms with Crippen LogP contribution < -0.4 is 5.32 Å². The zero-order valence-electron chi connectivity index (χ0n) is 18.1. The minimum atomic E-state index is -4.58. The molecule has 1 saturated carbocycles. The number of fused-ring (bicyclic) bond motifs is 1. The van der Waals surface area contributed by atoms with Gasteiger partial charge in [0.15, 0.2) is 0 Å². The van der Waals surface area contributed by atoms with Gasteiger partial charge in [0.1, 0.15) is 5.78 Å². The van der Waals surface area contributed by atoms with E-state index in [-0.39, 0.29) is 22.1 Å². The van der Waals surface area contributed by atoms with Crippen molar-refractivity contribution in [2.75, 3.05) is 5.32 Å². The van der Waals surface area contributed by atoms with E-state index in [1.54, 1.807) is 6.92 Å². The molecule has 1 fully saturated rings. The first kappa shape index (κ1) is 23.2. The lowest BCUT2D eigenvalue weighted by Gasteiger charge is -2.36. The number of ketones is 1. The maximum absolute atomic E-state index is 13.5. The highest BCUT2D eigenvalue weighted by Gasteiger charge is 2.43. The fourth-order valence-corrected chi connectivity index (χ4v) is 4.84. The predicted molar refractivity (Wildman–Crippen MR) is 121 cm³/mol. The second kappa shape index (κ2) is 8.78. The zero-order chi connectivity index (χ0) is 23.9. The summed E-state index contributed by atoms with van der Waals surface area (Å²) < 4.78 is 39.6. The summed E-state index contributed by atoms with van der Waals surface area (Å²) in [5.41, 5.74) is 2.14. The molecule has 1 amide bonds. The molecule has 1 aliphatic carbocycles. The number of rotatable bonds is 3. The Morgan fingerprint density at radius 3 is 2.52 bits per heavy atom. The Morgan fingerprint density at radius 1 is 1.09 bits per heavy atom. The molecule has 0 saturated heterocycles. The van der Waals surface area contributed by atoms with Crippen molar-refractivity contribution in [3.63, 3.8) is 0 Å². The molecule has 2 aliphatic rings. The van der Waals surface area contributed by atoms with Crippen molar-refractivity contribution in [3.05, 3.63) is 75.4 Å². The minimum Gasteiger partial charge on any atom is -0.321 e. The Kier molecular flexibility index (Phi) is 6.18. The number of carbonyl (C=O) groups excluding carboxylic acids is 2. The lowest BCUT2D eigenvalue weighted by atomic mass is 9.68. The Labute approximate surface area is 194 Å². The molecule has 1 aliphatic heterocycles. The van der Waals surface area contributed by atoms with Crippen LogP contribution in [-0.4, -0.2) is 17.4 Å². The standard InChI is InChI=1S/C25H22ClF3N2O2/c1-13-6-3-4-7-16(13)22-21(14(2)30-18-8-5-9-20(32)23(18)22)24(33)31-19-12-15(25(27,28)29)10-11-17(19)26/h3-4,6-7,10-12,22-23H,5,8-9H2,1-2H3,(H,31,33)/t22-,23?/m1/s1. The van der Waals surface area contributed by atoms with Crippen LogP contribution in [0, 0.1) is 12.8 Å². The number of Topliss-reactive ketones (excluding diaryl/α,β-unsaturated/α-hetero) is 1. The van der Waals surface area contributed by atoms with Gasteiger partial charge in [0.05, 0.1) is 22.2 Å². The monoisotopic (exact) mass is 474 g/mol. The SMILES string of the molecule is CC1=C(C(=O)Nc2cc(C(F)(F)F)ccc2Cl)[C@@H](c2ccccc2C)C2C(=O)CCCC2=N1. The van der Waals surface area contributed by atoms with Crippen molar-refractivity contribution >= 4 is 34.7 Å². The van der Waals surface area contributed by atoms with Crippen molar-refractivity contribution in [2.24, 2.45) is 10.9 Å². The number of nitrogens with zero attached hydrogens (tertiary/aromatic N) is 1. The summed E-state index contributed by atoms with van der Waals surface area (Å²) in [5, 5.41) is 2.53. The quantitative estimate of drug-likeness (QED) is 0.553. The van der Waals surface area contributed by atoms with Gasteiger partial charge in [-0.3, -0.25) is 14.6 Å². The third-order valence-corrected chi connectivity index (χ3v) is 6.55. The summed E-state index contributed by atoms with van der Waals surface area (Å²) in [6.45, 7) is 3.60. The zero-order valence-corrected chi connectivity index (χ0v) is 18.8. The molecule has 4 nitrogen and oxygen atoms in total. The first-order chi connectivity index (χ1) is 15.6. The normalized spacial score (nSPS) is 20.9. The van der Waals surface area contributed by atoms with Gasteiger partial charge in [-0.25, -0.2) is 0 Å². The molecule has 1 heterocycles. The number of hydrogen-bond acceptors (Lipinski definition) is 3. The molecule has 4 rings (SSSR count). The first-order valence-corrected chi connectivity index (χ1v) is 11.0. The second-order valence-corrected chi connectivity index (χ2v) is 8.79. The van der Waals surface area contributed by atoms with Gasteiger partial charge in [0.25, 0.3) is 5.91 Å². The van der Waals surface area contributed by atoms with Crippen LogP contribution in [0.5, 0.6) is 0 Å². The lowest BCUT2D eigenvalue weighted by molar-refractivity contribution is -0.137. The number of alkyl halides is 3. The molecule has 172 valence electrons. The van der Waals surface area contributed by atoms with E-state index < -0.39 is 29.5 Å². The summed E-state index contributed by atoms with van der Waals surface area (Å²) in [6, 6.07) is 10.3. The van der Waals surface area contributed by atoms with Gasteiger partial charge in [0.2, 0.25) is 0 Å². The highest BCUT2D eigenvalue weighted by Crippen LogP contribution is 2.44. The Bertz CT molecular complexity index is 1200. The molecule has 33 heavy (non-hydrogen) atoms. The molecule has 2 atom stereocenters. The van der Waals surface area contributed by atoms with E-state index in [4.69, 9.17) is 11.6 Å². The van der Waals surface area contributed by atoms with E-state index in [1.165, 1.54) is 0 Å². The number of nitrogens with one attached hydrogen (secondary N) is 1. The van der Waals surface area contributed by atoms with Crippen LogP contribution >= 0.6 is 11.6 Å². The number of carbonyl (C=O) groups is 2. The van der Waals surface area contributed by atoms with E-state index in [9.17, 15) is 22.8 Å². The number of benzene rings is 2. The molecule has 2 aromatic carbocycles. The highest BCUT2D eigenvalue weighted by molar-refractivity contribution is 6.34. The summed E-state index contributed by atoms with van der Waals surface area (Å²) in [6.07, 6.45) is -2.80. The van der Waals surface area contributed by atoms with Gasteiger partial charge in [-0.1, -0.05) is 35.9 Å². The van der Waals surface area contributed by atoms with Crippen LogP contribution in [-0.2, 0) is 15.8 Å². The van der Waals surface area contributed by atoms with Gasteiger partial charge in [-0.05, 0) is 56.0 Å². The van der Waals surface area contributed by atoms with E-state index in [2.05, 4.69) is 10.3 Å². The summed E-state index contributed by atoms with van der Waals surface area (Å²) in [5.74, 6) is -1.75. The van der Waals surface area contributed by atoms with Crippen molar-refractivity contribution < 1.29 is 22.8 Å². The van der Waals surface area contributed by atoms with E-state index >= 15 is 0 Å². The predicted octanol–water partition coefficient (Wildman–Crippen LogP) is 6.49. The third-order valence-electron chi connectivity index (χ3n) is 6.22. The summed E-state index contributed by atoms with van der Waals surface area (Å²) in [4.78, 5) is 31.0. The van der Waals surface area contributed by atoms with Crippen molar-refractivity contribution in [2.45, 2.75) is 45.2 Å². The van der Waals surface area contributed by atoms with E-state index in [1.807, 2.05) is 31.2 Å². The van der Waals surface area contributed by atoms with Gasteiger partial charge in [-0.15, -0.1) is 0 Å². The lowest BCUT2D eigenvalue weighted by Crippen LogP contribution is -2.40. The number of aliphatic imine (C=N–C) groups is 1. The number of anilines is 1. The minimum absolute atomic E-state index is 0.0168. The van der Waals surface area contributed by atoms with Gasteiger partial charge in [-0.2, -0.15) is 13.2 Å². The highest BCUT2D eigenvalue weighted by atomic mass is 35.5. The topological polar surface area (TPSA) is 58.5 Å². The maximum Gasteiger partial charge on any atom is 0.416 e. The van der Waals surface area contributed by atoms with Crippen molar-refractivity contribution in [1.29, 1.82) is 0 Å². The third kappa shape index (κ3) is 4.47. The van der Waals surface area contributed by atoms with Crippen molar-refractivity contribution in [1.82, 2.24) is 0 Å². The Balaban J connectivity index is 1.80. The van der Waals surface area contributed by atoms with Crippen LogP contribution in [0.4, 0.5) is 18.9 Å². The molecule has 0 radical (unpaired) electrons. The molecular weight excluding hydrogens is 453 g/mol. The van der Waals surface area contributed by atoms with Crippen LogP contribution in [0.3, 0.4) is 0 Å². The van der Waals surface area contributed by atoms with Crippen LogP contribution in [0.2, 0.25) is 5.02 Å². The van der Waals surface area contributed by atoms with Crippen LogP contribution in [0.15, 0.2) is 58.7 Å². The van der Waals surface area contributed by atoms with E-state index in [0.717, 1.165) is 35.0 Å². The van der Waals surface area contributed by atoms with Gasteiger partial charge in [0, 0.05) is 29.3 Å². The largest absolute Gasteiger partial charge is 0.416 e. The molecule has 1 unspecified atom stereocenters. The molecule has 8 heteroatoms. The Morgan fingerprint density at radius 2 is 1.82 bits per heavy atom. The van der Waals surface area contributed by atoms with Gasteiger partial charge >= 0.3 is 6.18 Å². The number of allylic oxidation sites excluding steroid dienone is 1.